The lowest BCUT2D eigenvalue weighted by atomic mass is 10.0. The van der Waals surface area contributed by atoms with E-state index in [1.165, 1.54) is 29.1 Å². The molecule has 0 fully saturated rings. The molecule has 1 unspecified atom stereocenters. The highest BCUT2D eigenvalue weighted by Crippen LogP contribution is 2.24. The molecular formula is C17H29NS. The average Bonchev–Trinajstić information content (AvgIpc) is 2.41. The highest BCUT2D eigenvalue weighted by atomic mass is 32.2. The number of hydrogen-bond acceptors (Lipinski definition) is 2. The maximum atomic E-state index is 3.61. The monoisotopic (exact) mass is 279 g/mol. The number of nitrogens with one attached hydrogen (secondary N) is 1. The third kappa shape index (κ3) is 6.49. The molecule has 2 heteroatoms. The summed E-state index contributed by atoms with van der Waals surface area (Å²) >= 11 is 1.97. The maximum Gasteiger partial charge on any atom is 0.0317 e. The fraction of sp³-hybridized carbons (Fsp3) is 0.647. The van der Waals surface area contributed by atoms with Crippen LogP contribution in [0.5, 0.6) is 0 Å². The molecule has 0 amide bonds. The molecule has 1 aromatic carbocycles. The molecule has 0 heterocycles. The van der Waals surface area contributed by atoms with E-state index in [-0.39, 0.29) is 0 Å². The normalized spacial score (nSPS) is 12.9. The van der Waals surface area contributed by atoms with E-state index in [0.717, 1.165) is 18.9 Å². The number of hydrogen-bond donors (Lipinski definition) is 1. The molecule has 1 atom stereocenters. The quantitative estimate of drug-likeness (QED) is 0.618. The number of thioether (sulfide) groups is 1. The van der Waals surface area contributed by atoms with Crippen molar-refractivity contribution in [1.29, 1.82) is 0 Å². The molecule has 0 aromatic heterocycles. The van der Waals surface area contributed by atoms with Gasteiger partial charge in [-0.05, 0) is 55.2 Å². The zero-order valence-corrected chi connectivity index (χ0v) is 13.7. The fourth-order valence-corrected chi connectivity index (χ4v) is 3.18. The molecule has 0 aliphatic carbocycles. The van der Waals surface area contributed by atoms with Gasteiger partial charge < -0.3 is 5.32 Å². The van der Waals surface area contributed by atoms with Gasteiger partial charge in [0.2, 0.25) is 0 Å². The minimum atomic E-state index is 0.509. The van der Waals surface area contributed by atoms with Crippen molar-refractivity contribution in [3.8, 4) is 0 Å². The Labute approximate surface area is 123 Å². The average molecular weight is 279 g/mol. The lowest BCUT2D eigenvalue weighted by Crippen LogP contribution is -2.21. The van der Waals surface area contributed by atoms with Gasteiger partial charge in [0.25, 0.3) is 0 Å². The first-order chi connectivity index (χ1) is 9.17. The fourth-order valence-electron chi connectivity index (χ4n) is 2.03. The number of rotatable bonds is 9. The van der Waals surface area contributed by atoms with Gasteiger partial charge in [0.1, 0.15) is 0 Å². The molecule has 0 bridgehead atoms. The van der Waals surface area contributed by atoms with E-state index in [1.807, 2.05) is 11.8 Å². The van der Waals surface area contributed by atoms with Crippen molar-refractivity contribution in [2.45, 2.75) is 57.9 Å². The van der Waals surface area contributed by atoms with Gasteiger partial charge in [0.05, 0.1) is 0 Å². The molecule has 1 rings (SSSR count). The molecule has 0 spiro atoms. The van der Waals surface area contributed by atoms with Gasteiger partial charge in [0.15, 0.2) is 0 Å². The second-order valence-electron chi connectivity index (χ2n) is 5.51. The van der Waals surface area contributed by atoms with Gasteiger partial charge in [-0.1, -0.05) is 39.8 Å². The van der Waals surface area contributed by atoms with E-state index in [2.05, 4.69) is 57.3 Å². The molecule has 19 heavy (non-hydrogen) atoms. The van der Waals surface area contributed by atoms with Crippen molar-refractivity contribution in [2.75, 3.05) is 12.3 Å². The third-order valence-electron chi connectivity index (χ3n) is 3.30. The van der Waals surface area contributed by atoms with E-state index in [1.54, 1.807) is 0 Å². The zero-order chi connectivity index (χ0) is 14.1. The molecule has 1 N–H and O–H groups in total. The Morgan fingerprint density at radius 2 is 1.79 bits per heavy atom. The standard InChI is InChI=1S/C17H29NS/c1-5-12-18-17(6-2)15-7-9-16(10-8-15)19-13-11-14(3)4/h7-10,14,17-18H,5-6,11-13H2,1-4H3. The largest absolute Gasteiger partial charge is 0.310 e. The van der Waals surface area contributed by atoms with Crippen molar-refractivity contribution in [3.63, 3.8) is 0 Å². The van der Waals surface area contributed by atoms with Crippen molar-refractivity contribution >= 4 is 11.8 Å². The van der Waals surface area contributed by atoms with Crippen molar-refractivity contribution in [1.82, 2.24) is 5.32 Å². The summed E-state index contributed by atoms with van der Waals surface area (Å²) in [4.78, 5) is 1.40. The predicted octanol–water partition coefficient (Wildman–Crippen LogP) is 5.28. The second kappa shape index (κ2) is 9.44. The van der Waals surface area contributed by atoms with Crippen molar-refractivity contribution in [2.24, 2.45) is 5.92 Å². The minimum absolute atomic E-state index is 0.509. The van der Waals surface area contributed by atoms with E-state index in [4.69, 9.17) is 0 Å². The molecule has 0 aliphatic rings. The minimum Gasteiger partial charge on any atom is -0.310 e. The second-order valence-corrected chi connectivity index (χ2v) is 6.68. The first-order valence-electron chi connectivity index (χ1n) is 7.63. The topological polar surface area (TPSA) is 12.0 Å². The Morgan fingerprint density at radius 3 is 2.32 bits per heavy atom. The summed E-state index contributed by atoms with van der Waals surface area (Å²) in [6, 6.07) is 9.63. The van der Waals surface area contributed by atoms with Crippen LogP contribution in [0.4, 0.5) is 0 Å². The lowest BCUT2D eigenvalue weighted by molar-refractivity contribution is 0.518. The van der Waals surface area contributed by atoms with Crippen LogP contribution in [0.2, 0.25) is 0 Å². The summed E-state index contributed by atoms with van der Waals surface area (Å²) in [7, 11) is 0. The van der Waals surface area contributed by atoms with Crippen LogP contribution in [0.15, 0.2) is 29.2 Å². The predicted molar refractivity (Wildman–Crippen MR) is 87.9 cm³/mol. The zero-order valence-electron chi connectivity index (χ0n) is 12.9. The van der Waals surface area contributed by atoms with E-state index >= 15 is 0 Å². The molecule has 0 aliphatic heterocycles. The van der Waals surface area contributed by atoms with Crippen molar-refractivity contribution in [3.05, 3.63) is 29.8 Å². The van der Waals surface area contributed by atoms with E-state index in [9.17, 15) is 0 Å². The van der Waals surface area contributed by atoms with Crippen LogP contribution in [0, 0.1) is 5.92 Å². The van der Waals surface area contributed by atoms with Crippen LogP contribution < -0.4 is 5.32 Å². The molecule has 1 aromatic rings. The Morgan fingerprint density at radius 1 is 1.11 bits per heavy atom. The van der Waals surface area contributed by atoms with Crippen LogP contribution in [0.25, 0.3) is 0 Å². The van der Waals surface area contributed by atoms with Gasteiger partial charge in [-0.25, -0.2) is 0 Å². The first-order valence-corrected chi connectivity index (χ1v) is 8.62. The Hall–Kier alpha value is -0.470. The smallest absolute Gasteiger partial charge is 0.0317 e. The molecule has 1 nitrogen and oxygen atoms in total. The number of benzene rings is 1. The highest BCUT2D eigenvalue weighted by molar-refractivity contribution is 7.99. The van der Waals surface area contributed by atoms with Gasteiger partial charge in [-0.15, -0.1) is 11.8 Å². The lowest BCUT2D eigenvalue weighted by Gasteiger charge is -2.17. The summed E-state index contributed by atoms with van der Waals surface area (Å²) in [6.45, 7) is 10.1. The van der Waals surface area contributed by atoms with Gasteiger partial charge in [-0.2, -0.15) is 0 Å². The molecule has 108 valence electrons. The van der Waals surface area contributed by atoms with Gasteiger partial charge >= 0.3 is 0 Å². The molecule has 0 saturated carbocycles. The van der Waals surface area contributed by atoms with Gasteiger partial charge in [0, 0.05) is 10.9 Å². The summed E-state index contributed by atoms with van der Waals surface area (Å²) in [5.74, 6) is 2.02. The Balaban J connectivity index is 2.49. The Kier molecular flexibility index (Phi) is 8.24. The summed E-state index contributed by atoms with van der Waals surface area (Å²) in [6.07, 6.45) is 3.64. The van der Waals surface area contributed by atoms with E-state index < -0.39 is 0 Å². The maximum absolute atomic E-state index is 3.61. The van der Waals surface area contributed by atoms with Crippen LogP contribution >= 0.6 is 11.8 Å². The van der Waals surface area contributed by atoms with Crippen LogP contribution in [0.1, 0.15) is 58.6 Å². The Bertz CT molecular complexity index is 332. The van der Waals surface area contributed by atoms with Gasteiger partial charge in [-0.3, -0.25) is 0 Å². The van der Waals surface area contributed by atoms with E-state index in [0.29, 0.717) is 6.04 Å². The third-order valence-corrected chi connectivity index (χ3v) is 4.34. The van der Waals surface area contributed by atoms with Crippen LogP contribution in [-0.2, 0) is 0 Å². The summed E-state index contributed by atoms with van der Waals surface area (Å²) in [5.41, 5.74) is 1.42. The summed E-state index contributed by atoms with van der Waals surface area (Å²) < 4.78 is 0. The highest BCUT2D eigenvalue weighted by Gasteiger charge is 2.07. The van der Waals surface area contributed by atoms with Crippen LogP contribution in [-0.4, -0.2) is 12.3 Å². The van der Waals surface area contributed by atoms with Crippen LogP contribution in [0.3, 0.4) is 0 Å². The molecule has 0 radical (unpaired) electrons. The first kappa shape index (κ1) is 16.6. The SMILES string of the molecule is CCCNC(CC)c1ccc(SCCC(C)C)cc1. The molecule has 0 saturated heterocycles. The molecular weight excluding hydrogens is 250 g/mol. The van der Waals surface area contributed by atoms with Crippen molar-refractivity contribution < 1.29 is 0 Å². The summed E-state index contributed by atoms with van der Waals surface area (Å²) in [5, 5.41) is 3.61.